The van der Waals surface area contributed by atoms with E-state index in [1.54, 1.807) is 11.8 Å². The molecule has 8 nitrogen and oxygen atoms in total. The van der Waals surface area contributed by atoms with Crippen molar-refractivity contribution < 1.29 is 14.5 Å². The normalized spacial score (nSPS) is 15.4. The number of aryl methyl sites for hydroxylation is 1. The number of halogens is 1. The predicted molar refractivity (Wildman–Crippen MR) is 93.3 cm³/mol. The minimum absolute atomic E-state index is 0.0433. The Bertz CT molecular complexity index is 652. The summed E-state index contributed by atoms with van der Waals surface area (Å²) >= 11 is 3.27. The van der Waals surface area contributed by atoms with Crippen molar-refractivity contribution in [1.82, 2.24) is 9.88 Å². The van der Waals surface area contributed by atoms with E-state index in [0.29, 0.717) is 42.2 Å². The van der Waals surface area contributed by atoms with Gasteiger partial charge in [-0.25, -0.2) is 9.78 Å². The molecule has 24 heavy (non-hydrogen) atoms. The monoisotopic (exact) mass is 400 g/mol. The van der Waals surface area contributed by atoms with Crippen LogP contribution >= 0.6 is 15.9 Å². The van der Waals surface area contributed by atoms with E-state index in [1.807, 2.05) is 25.7 Å². The molecule has 9 heteroatoms. The zero-order valence-corrected chi connectivity index (χ0v) is 15.8. The van der Waals surface area contributed by atoms with Crippen molar-refractivity contribution in [2.45, 2.75) is 33.3 Å². The first-order valence-electron chi connectivity index (χ1n) is 7.63. The van der Waals surface area contributed by atoms with Crippen LogP contribution in [0.15, 0.2) is 10.5 Å². The van der Waals surface area contributed by atoms with Crippen LogP contribution in [0, 0.1) is 17.0 Å². The summed E-state index contributed by atoms with van der Waals surface area (Å²) in [7, 11) is 0. The summed E-state index contributed by atoms with van der Waals surface area (Å²) in [6.07, 6.45) is -0.364. The van der Waals surface area contributed by atoms with Crippen molar-refractivity contribution in [3.63, 3.8) is 0 Å². The summed E-state index contributed by atoms with van der Waals surface area (Å²) in [6.45, 7) is 9.04. The first kappa shape index (κ1) is 18.4. The Balaban J connectivity index is 2.11. The van der Waals surface area contributed by atoms with E-state index < -0.39 is 10.5 Å². The number of piperazine rings is 1. The molecule has 1 aliphatic rings. The molecular weight excluding hydrogens is 380 g/mol. The average Bonchev–Trinajstić information content (AvgIpc) is 2.48. The maximum atomic E-state index is 12.1. The third-order valence-electron chi connectivity index (χ3n) is 3.54. The fraction of sp³-hybridized carbons (Fsp3) is 0.600. The topological polar surface area (TPSA) is 88.8 Å². The van der Waals surface area contributed by atoms with E-state index in [9.17, 15) is 14.9 Å². The molecule has 1 aromatic rings. The van der Waals surface area contributed by atoms with Crippen LogP contribution in [0.3, 0.4) is 0 Å². The highest BCUT2D eigenvalue weighted by Gasteiger charge is 2.29. The van der Waals surface area contributed by atoms with E-state index in [2.05, 4.69) is 20.9 Å². The van der Waals surface area contributed by atoms with E-state index in [-0.39, 0.29) is 11.8 Å². The highest BCUT2D eigenvalue weighted by atomic mass is 79.9. The van der Waals surface area contributed by atoms with Crippen molar-refractivity contribution in [3.05, 3.63) is 26.3 Å². The molecule has 0 spiro atoms. The predicted octanol–water partition coefficient (Wildman–Crippen LogP) is 3.12. The molecular formula is C15H21BrN4O4. The molecule has 1 aliphatic heterocycles. The molecule has 0 atom stereocenters. The molecule has 0 saturated carbocycles. The van der Waals surface area contributed by atoms with Crippen LogP contribution in [0.2, 0.25) is 0 Å². The van der Waals surface area contributed by atoms with Gasteiger partial charge in [-0.1, -0.05) is 0 Å². The van der Waals surface area contributed by atoms with E-state index in [0.717, 1.165) is 0 Å². The molecule has 0 unspecified atom stereocenters. The van der Waals surface area contributed by atoms with Gasteiger partial charge in [0.25, 0.3) is 0 Å². The van der Waals surface area contributed by atoms with Crippen LogP contribution in [0.4, 0.5) is 16.3 Å². The van der Waals surface area contributed by atoms with Crippen LogP contribution < -0.4 is 4.90 Å². The van der Waals surface area contributed by atoms with Crippen molar-refractivity contribution in [2.24, 2.45) is 0 Å². The van der Waals surface area contributed by atoms with Crippen LogP contribution in [-0.4, -0.2) is 52.7 Å². The van der Waals surface area contributed by atoms with Gasteiger partial charge in [0.15, 0.2) is 0 Å². The van der Waals surface area contributed by atoms with Crippen molar-refractivity contribution in [3.8, 4) is 0 Å². The van der Waals surface area contributed by atoms with Gasteiger partial charge in [-0.05, 0) is 43.6 Å². The first-order chi connectivity index (χ1) is 11.1. The second kappa shape index (κ2) is 6.92. The van der Waals surface area contributed by atoms with Crippen molar-refractivity contribution in [2.75, 3.05) is 31.1 Å². The lowest BCUT2D eigenvalue weighted by atomic mass is 10.2. The van der Waals surface area contributed by atoms with Crippen molar-refractivity contribution in [1.29, 1.82) is 0 Å². The highest BCUT2D eigenvalue weighted by Crippen LogP contribution is 2.31. The molecule has 0 aromatic carbocycles. The number of pyridine rings is 1. The maximum Gasteiger partial charge on any atom is 0.410 e. The summed E-state index contributed by atoms with van der Waals surface area (Å²) < 4.78 is 5.96. The summed E-state index contributed by atoms with van der Waals surface area (Å²) in [5.74, 6) is 0.338. The summed E-state index contributed by atoms with van der Waals surface area (Å²) in [4.78, 5) is 30.7. The molecule has 0 N–H and O–H groups in total. The second-order valence-corrected chi connectivity index (χ2v) is 7.46. The Kier molecular flexibility index (Phi) is 5.32. The lowest BCUT2D eigenvalue weighted by Gasteiger charge is -2.36. The largest absolute Gasteiger partial charge is 0.444 e. The van der Waals surface area contributed by atoms with E-state index >= 15 is 0 Å². The minimum Gasteiger partial charge on any atom is -0.444 e. The fourth-order valence-electron chi connectivity index (χ4n) is 2.35. The Labute approximate surface area is 149 Å². The van der Waals surface area contributed by atoms with Crippen LogP contribution in [0.25, 0.3) is 0 Å². The van der Waals surface area contributed by atoms with Gasteiger partial charge in [-0.3, -0.25) is 10.1 Å². The number of nitro groups is 1. The Morgan fingerprint density at radius 3 is 2.42 bits per heavy atom. The van der Waals surface area contributed by atoms with Crippen LogP contribution in [0.1, 0.15) is 26.5 Å². The molecule has 1 amide bonds. The second-order valence-electron chi connectivity index (χ2n) is 6.61. The van der Waals surface area contributed by atoms with Gasteiger partial charge in [0.1, 0.15) is 5.60 Å². The number of rotatable bonds is 2. The molecule has 0 aliphatic carbocycles. The van der Waals surface area contributed by atoms with Gasteiger partial charge >= 0.3 is 11.8 Å². The standard InChI is InChI=1S/C15H21BrN4O4/c1-10-11(16)9-12(20(22)23)13(17-10)18-5-7-19(8-6-18)14(21)24-15(2,3)4/h9H,5-8H2,1-4H3. The minimum atomic E-state index is -0.544. The Hall–Kier alpha value is -1.90. The lowest BCUT2D eigenvalue weighted by molar-refractivity contribution is -0.384. The quantitative estimate of drug-likeness (QED) is 0.559. The molecule has 0 radical (unpaired) electrons. The third-order valence-corrected chi connectivity index (χ3v) is 4.34. The number of anilines is 1. The average molecular weight is 401 g/mol. The number of carbonyl (C=O) groups is 1. The zero-order valence-electron chi connectivity index (χ0n) is 14.2. The molecule has 1 fully saturated rings. The molecule has 132 valence electrons. The maximum absolute atomic E-state index is 12.1. The number of amides is 1. The first-order valence-corrected chi connectivity index (χ1v) is 8.42. The number of carbonyl (C=O) groups excluding carboxylic acids is 1. The van der Waals surface area contributed by atoms with Crippen LogP contribution in [0.5, 0.6) is 0 Å². The number of hydrogen-bond acceptors (Lipinski definition) is 6. The number of aromatic nitrogens is 1. The van der Waals surface area contributed by atoms with Gasteiger partial charge in [0, 0.05) is 36.7 Å². The molecule has 2 heterocycles. The Morgan fingerprint density at radius 1 is 1.33 bits per heavy atom. The van der Waals surface area contributed by atoms with E-state index in [1.165, 1.54) is 6.07 Å². The molecule has 2 rings (SSSR count). The SMILES string of the molecule is Cc1nc(N2CCN(C(=O)OC(C)(C)C)CC2)c([N+](=O)[O-])cc1Br. The fourth-order valence-corrected chi connectivity index (χ4v) is 2.66. The molecule has 1 saturated heterocycles. The summed E-state index contributed by atoms with van der Waals surface area (Å²) in [5.41, 5.74) is 0.0977. The number of hydrogen-bond donors (Lipinski definition) is 0. The van der Waals surface area contributed by atoms with Gasteiger partial charge < -0.3 is 14.5 Å². The summed E-state index contributed by atoms with van der Waals surface area (Å²) in [6, 6.07) is 1.47. The van der Waals surface area contributed by atoms with E-state index in [4.69, 9.17) is 4.74 Å². The molecule has 1 aromatic heterocycles. The smallest absolute Gasteiger partial charge is 0.410 e. The number of nitrogens with zero attached hydrogens (tertiary/aromatic N) is 4. The van der Waals surface area contributed by atoms with Crippen LogP contribution in [-0.2, 0) is 4.74 Å². The van der Waals surface area contributed by atoms with Gasteiger partial charge in [-0.2, -0.15) is 0 Å². The Morgan fingerprint density at radius 2 is 1.92 bits per heavy atom. The van der Waals surface area contributed by atoms with Gasteiger partial charge in [-0.15, -0.1) is 0 Å². The summed E-state index contributed by atoms with van der Waals surface area (Å²) in [5, 5.41) is 11.3. The van der Waals surface area contributed by atoms with Gasteiger partial charge in [0.05, 0.1) is 10.6 Å². The third kappa shape index (κ3) is 4.34. The van der Waals surface area contributed by atoms with Crippen molar-refractivity contribution >= 4 is 33.5 Å². The molecule has 0 bridgehead atoms. The number of ether oxygens (including phenoxy) is 1. The van der Waals surface area contributed by atoms with Gasteiger partial charge in [0.2, 0.25) is 5.82 Å². The zero-order chi connectivity index (χ0) is 18.1. The lowest BCUT2D eigenvalue weighted by Crippen LogP contribution is -2.50. The highest BCUT2D eigenvalue weighted by molar-refractivity contribution is 9.10.